The molecule has 0 bridgehead atoms. The smallest absolute Gasteiger partial charge is 0.237 e. The molecule has 116 valence electrons. The van der Waals surface area contributed by atoms with Crippen LogP contribution in [0, 0.1) is 5.92 Å². The topological polar surface area (TPSA) is 44.4 Å². The second-order valence-electron chi connectivity index (χ2n) is 6.36. The van der Waals surface area contributed by atoms with Gasteiger partial charge in [-0.25, -0.2) is 0 Å². The first kappa shape index (κ1) is 15.8. The highest BCUT2D eigenvalue weighted by atomic mass is 16.2. The number of likely N-dealkylation sites (tertiary alicyclic amines) is 1. The minimum atomic E-state index is 0.0108. The van der Waals surface area contributed by atoms with Gasteiger partial charge in [-0.15, -0.1) is 0 Å². The lowest BCUT2D eigenvalue weighted by Crippen LogP contribution is -2.49. The monoisotopic (exact) mass is 281 g/mol. The van der Waals surface area contributed by atoms with Crippen molar-refractivity contribution in [3.63, 3.8) is 0 Å². The maximum atomic E-state index is 12.3. The van der Waals surface area contributed by atoms with Crippen LogP contribution in [0.4, 0.5) is 0 Å². The molecule has 0 aromatic carbocycles. The quantitative estimate of drug-likeness (QED) is 0.780. The minimum absolute atomic E-state index is 0.0108. The van der Waals surface area contributed by atoms with E-state index in [2.05, 4.69) is 15.5 Å². The van der Waals surface area contributed by atoms with E-state index in [-0.39, 0.29) is 11.9 Å². The molecule has 1 saturated heterocycles. The highest BCUT2D eigenvalue weighted by molar-refractivity contribution is 5.82. The third-order valence-electron chi connectivity index (χ3n) is 4.89. The standard InChI is InChI=1S/C16H31N3O/c1-17-15(14-8-4-2-5-9-14)16(20)18-10-13-19-11-6-3-7-12-19/h14-15,17H,2-13H2,1H3,(H,18,20). The van der Waals surface area contributed by atoms with E-state index < -0.39 is 0 Å². The molecule has 0 aromatic rings. The Morgan fingerprint density at radius 3 is 2.40 bits per heavy atom. The van der Waals surface area contributed by atoms with Crippen LogP contribution in [-0.2, 0) is 4.79 Å². The van der Waals surface area contributed by atoms with Gasteiger partial charge in [-0.3, -0.25) is 4.79 Å². The van der Waals surface area contributed by atoms with Crippen LogP contribution in [0.25, 0.3) is 0 Å². The molecule has 0 radical (unpaired) electrons. The van der Waals surface area contributed by atoms with E-state index in [1.54, 1.807) is 0 Å². The molecule has 1 aliphatic carbocycles. The van der Waals surface area contributed by atoms with Crippen LogP contribution < -0.4 is 10.6 Å². The molecule has 1 heterocycles. The molecule has 1 atom stereocenters. The zero-order valence-corrected chi connectivity index (χ0v) is 13.0. The summed E-state index contributed by atoms with van der Waals surface area (Å²) in [6.45, 7) is 4.21. The molecular weight excluding hydrogens is 250 g/mol. The van der Waals surface area contributed by atoms with Crippen LogP contribution in [0.3, 0.4) is 0 Å². The lowest BCUT2D eigenvalue weighted by molar-refractivity contribution is -0.124. The van der Waals surface area contributed by atoms with Gasteiger partial charge in [-0.2, -0.15) is 0 Å². The van der Waals surface area contributed by atoms with Crippen molar-refractivity contribution in [2.24, 2.45) is 5.92 Å². The summed E-state index contributed by atoms with van der Waals surface area (Å²) in [5, 5.41) is 6.37. The van der Waals surface area contributed by atoms with Gasteiger partial charge in [0.15, 0.2) is 0 Å². The molecule has 2 aliphatic rings. The Bertz CT molecular complexity index is 283. The summed E-state index contributed by atoms with van der Waals surface area (Å²) >= 11 is 0. The fraction of sp³-hybridized carbons (Fsp3) is 0.938. The van der Waals surface area contributed by atoms with Crippen molar-refractivity contribution < 1.29 is 4.79 Å². The Morgan fingerprint density at radius 2 is 1.75 bits per heavy atom. The first-order chi connectivity index (χ1) is 9.81. The van der Waals surface area contributed by atoms with Crippen LogP contribution in [-0.4, -0.2) is 50.1 Å². The van der Waals surface area contributed by atoms with Crippen LogP contribution in [0.1, 0.15) is 51.4 Å². The number of likely N-dealkylation sites (N-methyl/N-ethyl adjacent to an activating group) is 1. The number of carbonyl (C=O) groups is 1. The van der Waals surface area contributed by atoms with Crippen LogP contribution in [0.15, 0.2) is 0 Å². The zero-order valence-electron chi connectivity index (χ0n) is 13.0. The molecule has 20 heavy (non-hydrogen) atoms. The average molecular weight is 281 g/mol. The van der Waals surface area contributed by atoms with Crippen molar-refractivity contribution in [2.45, 2.75) is 57.4 Å². The van der Waals surface area contributed by atoms with Crippen LogP contribution in [0.5, 0.6) is 0 Å². The number of carbonyl (C=O) groups excluding carboxylic acids is 1. The van der Waals surface area contributed by atoms with Gasteiger partial charge in [0.2, 0.25) is 5.91 Å². The Balaban J connectivity index is 1.68. The average Bonchev–Trinajstić information content (AvgIpc) is 2.50. The van der Waals surface area contributed by atoms with E-state index in [1.165, 1.54) is 64.5 Å². The van der Waals surface area contributed by atoms with Gasteiger partial charge >= 0.3 is 0 Å². The number of hydrogen-bond acceptors (Lipinski definition) is 3. The summed E-state index contributed by atoms with van der Waals surface area (Å²) in [4.78, 5) is 14.8. The fourth-order valence-electron chi connectivity index (χ4n) is 3.68. The third-order valence-corrected chi connectivity index (χ3v) is 4.89. The Hall–Kier alpha value is -0.610. The van der Waals surface area contributed by atoms with Crippen molar-refractivity contribution >= 4 is 5.91 Å². The number of rotatable bonds is 6. The number of nitrogens with one attached hydrogen (secondary N) is 2. The van der Waals surface area contributed by atoms with Crippen molar-refractivity contribution in [3.8, 4) is 0 Å². The molecule has 1 saturated carbocycles. The summed E-state index contributed by atoms with van der Waals surface area (Å²) in [6, 6.07) is 0.0108. The van der Waals surface area contributed by atoms with E-state index in [1.807, 2.05) is 7.05 Å². The SMILES string of the molecule is CNC(C(=O)NCCN1CCCCC1)C1CCCCC1. The summed E-state index contributed by atoms with van der Waals surface area (Å²) in [7, 11) is 1.92. The Labute approximate surface area is 123 Å². The maximum absolute atomic E-state index is 12.3. The lowest BCUT2D eigenvalue weighted by Gasteiger charge is -2.30. The van der Waals surface area contributed by atoms with Crippen LogP contribution >= 0.6 is 0 Å². The molecule has 4 nitrogen and oxygen atoms in total. The van der Waals surface area contributed by atoms with Crippen molar-refractivity contribution in [1.82, 2.24) is 15.5 Å². The predicted molar refractivity (Wildman–Crippen MR) is 82.7 cm³/mol. The number of hydrogen-bond donors (Lipinski definition) is 2. The van der Waals surface area contributed by atoms with Crippen molar-refractivity contribution in [2.75, 3.05) is 33.2 Å². The Morgan fingerprint density at radius 1 is 1.10 bits per heavy atom. The molecule has 0 aromatic heterocycles. The fourth-order valence-corrected chi connectivity index (χ4v) is 3.68. The molecule has 4 heteroatoms. The molecule has 1 aliphatic heterocycles. The first-order valence-electron chi connectivity index (χ1n) is 8.48. The normalized spacial score (nSPS) is 23.4. The van der Waals surface area contributed by atoms with Gasteiger partial charge in [0.25, 0.3) is 0 Å². The highest BCUT2D eigenvalue weighted by Crippen LogP contribution is 2.26. The second-order valence-corrected chi connectivity index (χ2v) is 6.36. The Kier molecular flexibility index (Phi) is 6.80. The third kappa shape index (κ3) is 4.74. The van der Waals surface area contributed by atoms with E-state index in [0.29, 0.717) is 5.92 Å². The highest BCUT2D eigenvalue weighted by Gasteiger charge is 2.27. The van der Waals surface area contributed by atoms with Gasteiger partial charge in [0.05, 0.1) is 6.04 Å². The van der Waals surface area contributed by atoms with Gasteiger partial charge in [0, 0.05) is 13.1 Å². The van der Waals surface area contributed by atoms with Gasteiger partial charge in [-0.1, -0.05) is 25.7 Å². The van der Waals surface area contributed by atoms with Gasteiger partial charge in [-0.05, 0) is 51.7 Å². The summed E-state index contributed by atoms with van der Waals surface area (Å²) in [5.74, 6) is 0.736. The number of piperidine rings is 1. The summed E-state index contributed by atoms with van der Waals surface area (Å²) in [5.41, 5.74) is 0. The summed E-state index contributed by atoms with van der Waals surface area (Å²) in [6.07, 6.45) is 10.3. The zero-order chi connectivity index (χ0) is 14.2. The van der Waals surface area contributed by atoms with Crippen molar-refractivity contribution in [1.29, 1.82) is 0 Å². The number of nitrogens with zero attached hydrogens (tertiary/aromatic N) is 1. The molecule has 1 unspecified atom stereocenters. The second kappa shape index (κ2) is 8.63. The van der Waals surface area contributed by atoms with E-state index in [9.17, 15) is 4.79 Å². The molecule has 0 spiro atoms. The van der Waals surface area contributed by atoms with Gasteiger partial charge < -0.3 is 15.5 Å². The maximum Gasteiger partial charge on any atom is 0.237 e. The van der Waals surface area contributed by atoms with E-state index >= 15 is 0 Å². The molecular formula is C16H31N3O. The minimum Gasteiger partial charge on any atom is -0.353 e. The summed E-state index contributed by atoms with van der Waals surface area (Å²) < 4.78 is 0. The van der Waals surface area contributed by atoms with Crippen LogP contribution in [0.2, 0.25) is 0 Å². The molecule has 2 rings (SSSR count). The number of amides is 1. The lowest BCUT2D eigenvalue weighted by atomic mass is 9.83. The molecule has 2 N–H and O–H groups in total. The largest absolute Gasteiger partial charge is 0.353 e. The van der Waals surface area contributed by atoms with E-state index in [0.717, 1.165) is 13.1 Å². The molecule has 2 fully saturated rings. The predicted octanol–water partition coefficient (Wildman–Crippen LogP) is 1.76. The van der Waals surface area contributed by atoms with Crippen molar-refractivity contribution in [3.05, 3.63) is 0 Å². The van der Waals surface area contributed by atoms with E-state index in [4.69, 9.17) is 0 Å². The first-order valence-corrected chi connectivity index (χ1v) is 8.48. The molecule has 1 amide bonds. The van der Waals surface area contributed by atoms with Gasteiger partial charge in [0.1, 0.15) is 0 Å².